The van der Waals surface area contributed by atoms with Crippen LogP contribution in [-0.2, 0) is 14.3 Å². The van der Waals surface area contributed by atoms with Gasteiger partial charge in [0.25, 0.3) is 6.43 Å². The van der Waals surface area contributed by atoms with Gasteiger partial charge in [0, 0.05) is 35.8 Å². The Morgan fingerprint density at radius 2 is 1.94 bits per heavy atom. The number of aryl methyl sites for hydroxylation is 1. The highest BCUT2D eigenvalue weighted by molar-refractivity contribution is 6.06. The molecule has 5 aromatic rings. The van der Waals surface area contributed by atoms with Crippen molar-refractivity contribution >= 4 is 39.5 Å². The quantitative estimate of drug-likeness (QED) is 0.244. The van der Waals surface area contributed by atoms with Crippen molar-refractivity contribution in [2.24, 2.45) is 0 Å². The van der Waals surface area contributed by atoms with E-state index in [1.54, 1.807) is 30.5 Å². The van der Waals surface area contributed by atoms with Crippen molar-refractivity contribution in [1.82, 2.24) is 19.9 Å². The summed E-state index contributed by atoms with van der Waals surface area (Å²) in [4.78, 5) is 33.6. The van der Waals surface area contributed by atoms with E-state index in [1.807, 2.05) is 31.2 Å². The van der Waals surface area contributed by atoms with Crippen molar-refractivity contribution in [2.75, 3.05) is 42.7 Å². The molecule has 1 N–H and O–H groups in total. The Morgan fingerprint density at radius 1 is 1.10 bits per heavy atom. The van der Waals surface area contributed by atoms with Crippen LogP contribution in [0.1, 0.15) is 42.5 Å². The van der Waals surface area contributed by atoms with Gasteiger partial charge in [-0.1, -0.05) is 24.1 Å². The first-order chi connectivity index (χ1) is 24.2. The fourth-order valence-electron chi connectivity index (χ4n) is 6.85. The van der Waals surface area contributed by atoms with E-state index in [2.05, 4.69) is 43.6 Å². The van der Waals surface area contributed by atoms with Crippen molar-refractivity contribution in [3.63, 3.8) is 0 Å². The zero-order valence-electron chi connectivity index (χ0n) is 27.2. The molecular formula is C36H32F2N6O6. The third kappa shape index (κ3) is 5.62. The first-order valence-corrected chi connectivity index (χ1v) is 16.3. The lowest BCUT2D eigenvalue weighted by Gasteiger charge is -2.53. The number of aromatic nitrogens is 4. The number of halogens is 2. The number of hydrogen-bond donors (Lipinski definition) is 1. The number of carboxylic acids is 1. The summed E-state index contributed by atoms with van der Waals surface area (Å²) in [6, 6.07) is 13.2. The number of para-hydroxylation sites is 1. The van der Waals surface area contributed by atoms with Crippen LogP contribution >= 0.6 is 0 Å². The number of carboxylic acid groups (broad SMARTS) is 1. The summed E-state index contributed by atoms with van der Waals surface area (Å²) in [6.07, 6.45) is -2.05. The van der Waals surface area contributed by atoms with Gasteiger partial charge in [0.1, 0.15) is 40.2 Å². The highest BCUT2D eigenvalue weighted by atomic mass is 19.3. The van der Waals surface area contributed by atoms with Crippen LogP contribution in [0.2, 0.25) is 0 Å². The summed E-state index contributed by atoms with van der Waals surface area (Å²) in [7, 11) is 0. The van der Waals surface area contributed by atoms with Crippen molar-refractivity contribution in [2.45, 2.75) is 50.5 Å². The molecule has 0 amide bonds. The summed E-state index contributed by atoms with van der Waals surface area (Å²) in [5.74, 6) is 4.64. The van der Waals surface area contributed by atoms with Crippen molar-refractivity contribution in [3.8, 4) is 17.7 Å². The largest absolute Gasteiger partial charge is 0.480 e. The molecule has 1 aromatic carbocycles. The number of morpholine rings is 1. The average molecular weight is 683 g/mol. The standard InChI is InChI=1S/C36H32F2N6O6/c1-20-6-5-7-23(40-20)11-10-22-14-26(43-12-13-48-36(21(43)2)18-47-19-36)34(39-16-22)49-24-15-27(35(45)46)44(17-24)33-30-29(41-32(42-33)31(37)38)25-8-3-4-9-28(25)50-30/h3-9,14,16,21,24,27,31H,12-13,15,17-19H2,1-2H3,(H,45,46)/t21-,24-,27-/m0/s1. The fraction of sp³-hybridized carbons (Fsp3) is 0.361. The Hall–Kier alpha value is -5.39. The first-order valence-electron chi connectivity index (χ1n) is 16.3. The molecule has 3 fully saturated rings. The van der Waals surface area contributed by atoms with E-state index in [9.17, 15) is 18.7 Å². The third-order valence-electron chi connectivity index (χ3n) is 9.52. The number of benzene rings is 1. The molecule has 3 atom stereocenters. The Bertz CT molecular complexity index is 2180. The van der Waals surface area contributed by atoms with Crippen LogP contribution in [0.5, 0.6) is 5.88 Å². The lowest BCUT2D eigenvalue weighted by atomic mass is 9.90. The number of ether oxygens (including phenoxy) is 3. The monoisotopic (exact) mass is 682 g/mol. The number of rotatable bonds is 6. The summed E-state index contributed by atoms with van der Waals surface area (Å²) < 4.78 is 52.4. The van der Waals surface area contributed by atoms with Gasteiger partial charge in [-0.3, -0.25) is 0 Å². The smallest absolute Gasteiger partial charge is 0.326 e. The van der Waals surface area contributed by atoms with E-state index in [-0.39, 0.29) is 41.8 Å². The molecule has 12 nitrogen and oxygen atoms in total. The maximum Gasteiger partial charge on any atom is 0.326 e. The van der Waals surface area contributed by atoms with Crippen LogP contribution in [0.4, 0.5) is 20.3 Å². The highest BCUT2D eigenvalue weighted by Gasteiger charge is 2.50. The average Bonchev–Trinajstić information content (AvgIpc) is 3.69. The van der Waals surface area contributed by atoms with Crippen molar-refractivity contribution < 1.29 is 37.3 Å². The van der Waals surface area contributed by atoms with Gasteiger partial charge in [-0.2, -0.15) is 0 Å². The molecule has 50 heavy (non-hydrogen) atoms. The van der Waals surface area contributed by atoms with Crippen LogP contribution in [-0.4, -0.2) is 87.7 Å². The maximum atomic E-state index is 14.1. The first kappa shape index (κ1) is 31.9. The Labute approximate surface area is 285 Å². The molecule has 0 saturated carbocycles. The van der Waals surface area contributed by atoms with Crippen LogP contribution in [0, 0.1) is 18.8 Å². The number of nitrogens with zero attached hydrogens (tertiary/aromatic N) is 6. The van der Waals surface area contributed by atoms with E-state index in [0.717, 1.165) is 5.69 Å². The minimum atomic E-state index is -2.99. The SMILES string of the molecule is Cc1cccc(C#Cc2cnc(O[C@H]3C[C@@H](C(=O)O)N(c4nc(C(F)F)nc5c4oc4ccccc45)C3)c(N3CCOC4(COC4)[C@@H]3C)c2)n1. The number of alkyl halides is 2. The second kappa shape index (κ2) is 12.5. The lowest BCUT2D eigenvalue weighted by Crippen LogP contribution is -2.68. The van der Waals surface area contributed by atoms with Gasteiger partial charge in [0.15, 0.2) is 17.2 Å². The van der Waals surface area contributed by atoms with Gasteiger partial charge in [0.05, 0.1) is 32.4 Å². The van der Waals surface area contributed by atoms with E-state index in [1.165, 1.54) is 4.90 Å². The predicted octanol–water partition coefficient (Wildman–Crippen LogP) is 4.92. The minimum absolute atomic E-state index is 0.0148. The van der Waals surface area contributed by atoms with Crippen LogP contribution in [0.15, 0.2) is 59.1 Å². The number of hydrogen-bond acceptors (Lipinski definition) is 11. The van der Waals surface area contributed by atoms with E-state index in [0.29, 0.717) is 54.3 Å². The number of furan rings is 1. The molecule has 256 valence electrons. The molecule has 0 radical (unpaired) electrons. The number of carbonyl (C=O) groups is 1. The topological polar surface area (TPSA) is 136 Å². The normalized spacial score (nSPS) is 21.4. The Morgan fingerprint density at radius 3 is 2.70 bits per heavy atom. The van der Waals surface area contributed by atoms with Gasteiger partial charge in [0.2, 0.25) is 5.88 Å². The van der Waals surface area contributed by atoms with Crippen LogP contribution in [0.3, 0.4) is 0 Å². The molecule has 3 aliphatic heterocycles. The van der Waals surface area contributed by atoms with Gasteiger partial charge in [-0.25, -0.2) is 33.5 Å². The molecular weight excluding hydrogens is 650 g/mol. The maximum absolute atomic E-state index is 14.1. The summed E-state index contributed by atoms with van der Waals surface area (Å²) in [5, 5.41) is 10.8. The second-order valence-electron chi connectivity index (χ2n) is 12.7. The minimum Gasteiger partial charge on any atom is -0.480 e. The summed E-state index contributed by atoms with van der Waals surface area (Å²) in [5.41, 5.74) is 3.05. The molecule has 3 saturated heterocycles. The van der Waals surface area contributed by atoms with E-state index in [4.69, 9.17) is 18.6 Å². The molecule has 1 spiro atoms. The Balaban J connectivity index is 1.16. The summed E-state index contributed by atoms with van der Waals surface area (Å²) in [6.45, 7) is 5.90. The molecule has 0 aliphatic carbocycles. The molecule has 3 aliphatic rings. The van der Waals surface area contributed by atoms with Gasteiger partial charge in [-0.05, 0) is 50.1 Å². The lowest BCUT2D eigenvalue weighted by molar-refractivity contribution is -0.228. The van der Waals surface area contributed by atoms with Gasteiger partial charge < -0.3 is 33.5 Å². The molecule has 7 heterocycles. The number of fused-ring (bicyclic) bond motifs is 3. The second-order valence-corrected chi connectivity index (χ2v) is 12.7. The van der Waals surface area contributed by atoms with Crippen molar-refractivity contribution in [3.05, 3.63) is 77.5 Å². The van der Waals surface area contributed by atoms with Crippen LogP contribution < -0.4 is 14.5 Å². The zero-order valence-corrected chi connectivity index (χ0v) is 27.2. The Kier molecular flexibility index (Phi) is 7.96. The van der Waals surface area contributed by atoms with E-state index < -0.39 is 36.0 Å². The molecule has 0 bridgehead atoms. The predicted molar refractivity (Wildman–Crippen MR) is 178 cm³/mol. The highest BCUT2D eigenvalue weighted by Crippen LogP contribution is 2.41. The summed E-state index contributed by atoms with van der Waals surface area (Å²) >= 11 is 0. The number of pyridine rings is 2. The molecule has 0 unspecified atom stereocenters. The molecule has 8 rings (SSSR count). The van der Waals surface area contributed by atoms with E-state index >= 15 is 0 Å². The zero-order chi connectivity index (χ0) is 34.6. The van der Waals surface area contributed by atoms with Crippen LogP contribution in [0.25, 0.3) is 22.1 Å². The number of anilines is 2. The molecule has 4 aromatic heterocycles. The molecule has 14 heteroatoms. The van der Waals surface area contributed by atoms with Crippen molar-refractivity contribution in [1.29, 1.82) is 0 Å². The van der Waals surface area contributed by atoms with Gasteiger partial charge in [-0.15, -0.1) is 0 Å². The van der Waals surface area contributed by atoms with Gasteiger partial charge >= 0.3 is 5.97 Å². The third-order valence-corrected chi connectivity index (χ3v) is 9.52. The number of aliphatic carboxylic acids is 1. The fourth-order valence-corrected chi connectivity index (χ4v) is 6.85.